The second-order valence-corrected chi connectivity index (χ2v) is 8.06. The molecule has 0 aromatic heterocycles. The molecule has 4 atom stereocenters. The van der Waals surface area contributed by atoms with Crippen molar-refractivity contribution in [3.8, 4) is 5.75 Å². The molecule has 2 aromatic rings. The van der Waals surface area contributed by atoms with Crippen LogP contribution < -0.4 is 15.4 Å². The normalized spacial score (nSPS) is 26.9. The van der Waals surface area contributed by atoms with Gasteiger partial charge in [0.15, 0.2) is 0 Å². The van der Waals surface area contributed by atoms with Crippen molar-refractivity contribution >= 4 is 0 Å². The zero-order valence-corrected chi connectivity index (χ0v) is 16.6. The van der Waals surface area contributed by atoms with Gasteiger partial charge in [0, 0.05) is 30.2 Å². The predicted octanol–water partition coefficient (Wildman–Crippen LogP) is 4.62. The summed E-state index contributed by atoms with van der Waals surface area (Å²) in [6.07, 6.45) is 6.27. The second-order valence-electron chi connectivity index (χ2n) is 8.06. The van der Waals surface area contributed by atoms with Crippen LogP contribution in [0.1, 0.15) is 55.3 Å². The molecular formula is C24H32N2O. The van der Waals surface area contributed by atoms with Gasteiger partial charge in [0.1, 0.15) is 5.75 Å². The van der Waals surface area contributed by atoms with Gasteiger partial charge in [0.2, 0.25) is 0 Å². The third-order valence-corrected chi connectivity index (χ3v) is 6.35. The summed E-state index contributed by atoms with van der Waals surface area (Å²) in [6, 6.07) is 19.1. The molecule has 4 unspecified atom stereocenters. The molecular weight excluding hydrogens is 332 g/mol. The maximum absolute atomic E-state index is 5.64. The Morgan fingerprint density at radius 2 is 1.96 bits per heavy atom. The summed E-state index contributed by atoms with van der Waals surface area (Å²) in [5.41, 5.74) is 4.07. The van der Waals surface area contributed by atoms with E-state index in [1.165, 1.54) is 42.4 Å². The Kier molecular flexibility index (Phi) is 5.80. The van der Waals surface area contributed by atoms with Crippen molar-refractivity contribution in [3.63, 3.8) is 0 Å². The van der Waals surface area contributed by atoms with E-state index in [1.807, 2.05) is 0 Å². The molecule has 27 heavy (non-hydrogen) atoms. The molecule has 2 aliphatic rings. The average Bonchev–Trinajstić information content (AvgIpc) is 3.29. The predicted molar refractivity (Wildman–Crippen MR) is 111 cm³/mol. The van der Waals surface area contributed by atoms with E-state index in [0.717, 1.165) is 24.6 Å². The van der Waals surface area contributed by atoms with Gasteiger partial charge in [-0.25, -0.2) is 0 Å². The number of nitrogens with one attached hydrogen (secondary N) is 2. The van der Waals surface area contributed by atoms with Gasteiger partial charge in [0.05, 0.1) is 7.11 Å². The number of benzene rings is 2. The minimum atomic E-state index is 0.395. The topological polar surface area (TPSA) is 33.3 Å². The average molecular weight is 365 g/mol. The highest BCUT2D eigenvalue weighted by Crippen LogP contribution is 2.41. The Labute approximate surface area is 163 Å². The smallest absolute Gasteiger partial charge is 0.123 e. The summed E-state index contributed by atoms with van der Waals surface area (Å²) in [4.78, 5) is 0. The highest BCUT2D eigenvalue weighted by molar-refractivity contribution is 5.37. The van der Waals surface area contributed by atoms with Crippen LogP contribution in [-0.2, 0) is 13.0 Å². The lowest BCUT2D eigenvalue weighted by Crippen LogP contribution is -2.37. The minimum Gasteiger partial charge on any atom is -0.496 e. The van der Waals surface area contributed by atoms with Crippen LogP contribution in [-0.4, -0.2) is 19.2 Å². The third-order valence-electron chi connectivity index (χ3n) is 6.35. The van der Waals surface area contributed by atoms with Gasteiger partial charge in [-0.3, -0.25) is 0 Å². The van der Waals surface area contributed by atoms with E-state index >= 15 is 0 Å². The van der Waals surface area contributed by atoms with E-state index in [2.05, 4.69) is 66.1 Å². The quantitative estimate of drug-likeness (QED) is 0.752. The largest absolute Gasteiger partial charge is 0.496 e. The van der Waals surface area contributed by atoms with E-state index in [4.69, 9.17) is 4.74 Å². The first-order chi connectivity index (χ1) is 13.3. The lowest BCUT2D eigenvalue weighted by atomic mass is 9.91. The first kappa shape index (κ1) is 18.5. The Morgan fingerprint density at radius 3 is 2.74 bits per heavy atom. The Hall–Kier alpha value is -1.84. The first-order valence-electron chi connectivity index (χ1n) is 10.5. The van der Waals surface area contributed by atoms with Crippen LogP contribution in [0.4, 0.5) is 0 Å². The summed E-state index contributed by atoms with van der Waals surface area (Å²) in [6.45, 7) is 3.09. The fraction of sp³-hybridized carbons (Fsp3) is 0.500. The summed E-state index contributed by atoms with van der Waals surface area (Å²) in [7, 11) is 1.77. The number of hydrogen-bond acceptors (Lipinski definition) is 3. The molecule has 2 aromatic carbocycles. The minimum absolute atomic E-state index is 0.395. The molecule has 2 N–H and O–H groups in total. The Morgan fingerprint density at radius 1 is 1.11 bits per heavy atom. The highest BCUT2D eigenvalue weighted by atomic mass is 16.5. The van der Waals surface area contributed by atoms with Crippen molar-refractivity contribution in [3.05, 3.63) is 65.2 Å². The van der Waals surface area contributed by atoms with Crippen LogP contribution in [0.25, 0.3) is 0 Å². The maximum Gasteiger partial charge on any atom is 0.123 e. The summed E-state index contributed by atoms with van der Waals surface area (Å²) in [5.74, 6) is 1.72. The Balaban J connectivity index is 1.54. The first-order valence-corrected chi connectivity index (χ1v) is 10.5. The van der Waals surface area contributed by atoms with Gasteiger partial charge < -0.3 is 15.4 Å². The van der Waals surface area contributed by atoms with E-state index < -0.39 is 0 Å². The summed E-state index contributed by atoms with van der Waals surface area (Å²) >= 11 is 0. The number of fused-ring (bicyclic) bond motifs is 1. The lowest BCUT2D eigenvalue weighted by molar-refractivity contribution is 0.365. The fourth-order valence-electron chi connectivity index (χ4n) is 5.08. The van der Waals surface area contributed by atoms with Crippen molar-refractivity contribution in [2.45, 2.75) is 63.7 Å². The second kappa shape index (κ2) is 8.45. The monoisotopic (exact) mass is 364 g/mol. The molecule has 1 saturated carbocycles. The van der Waals surface area contributed by atoms with Crippen molar-refractivity contribution in [2.24, 2.45) is 5.92 Å². The van der Waals surface area contributed by atoms with Crippen LogP contribution in [0, 0.1) is 5.92 Å². The summed E-state index contributed by atoms with van der Waals surface area (Å²) < 4.78 is 5.64. The van der Waals surface area contributed by atoms with Crippen molar-refractivity contribution in [1.82, 2.24) is 10.6 Å². The molecule has 0 amide bonds. The zero-order chi connectivity index (χ0) is 18.6. The summed E-state index contributed by atoms with van der Waals surface area (Å²) in [5, 5.41) is 7.84. The molecule has 4 rings (SSSR count). The van der Waals surface area contributed by atoms with Gasteiger partial charge in [-0.1, -0.05) is 62.2 Å². The highest BCUT2D eigenvalue weighted by Gasteiger charge is 2.45. The van der Waals surface area contributed by atoms with E-state index in [1.54, 1.807) is 7.11 Å². The van der Waals surface area contributed by atoms with Crippen LogP contribution in [0.15, 0.2) is 48.5 Å². The Bertz CT molecular complexity index is 745. The molecule has 3 nitrogen and oxygen atoms in total. The standard InChI is InChI=1S/C24H32N2O/c1-3-8-17-13-14-22(27-2)19(15-17)16-25-24-20-11-7-12-21(20)26-23(24)18-9-5-4-6-10-18/h4-6,9-10,13-15,20-21,23-26H,3,7-8,11-12,16H2,1-2H3. The third kappa shape index (κ3) is 3.90. The van der Waals surface area contributed by atoms with Gasteiger partial charge in [-0.05, 0) is 42.4 Å². The molecule has 3 heteroatoms. The van der Waals surface area contributed by atoms with E-state index in [-0.39, 0.29) is 0 Å². The molecule has 1 aliphatic carbocycles. The van der Waals surface area contributed by atoms with Gasteiger partial charge >= 0.3 is 0 Å². The van der Waals surface area contributed by atoms with Crippen molar-refractivity contribution in [1.29, 1.82) is 0 Å². The zero-order valence-electron chi connectivity index (χ0n) is 16.6. The van der Waals surface area contributed by atoms with Crippen molar-refractivity contribution in [2.75, 3.05) is 7.11 Å². The lowest BCUT2D eigenvalue weighted by Gasteiger charge is -2.26. The van der Waals surface area contributed by atoms with Gasteiger partial charge in [-0.2, -0.15) is 0 Å². The van der Waals surface area contributed by atoms with E-state index in [9.17, 15) is 0 Å². The van der Waals surface area contributed by atoms with Crippen LogP contribution in [0.3, 0.4) is 0 Å². The van der Waals surface area contributed by atoms with Crippen LogP contribution >= 0.6 is 0 Å². The number of rotatable bonds is 7. The van der Waals surface area contributed by atoms with Gasteiger partial charge in [-0.15, -0.1) is 0 Å². The van der Waals surface area contributed by atoms with Crippen molar-refractivity contribution < 1.29 is 4.74 Å². The molecule has 144 valence electrons. The van der Waals surface area contributed by atoms with Gasteiger partial charge in [0.25, 0.3) is 0 Å². The molecule has 0 spiro atoms. The molecule has 1 heterocycles. The van der Waals surface area contributed by atoms with Crippen LogP contribution in [0.2, 0.25) is 0 Å². The molecule has 0 radical (unpaired) electrons. The molecule has 2 fully saturated rings. The number of hydrogen-bond donors (Lipinski definition) is 2. The SMILES string of the molecule is CCCc1ccc(OC)c(CNC2C(c3ccccc3)NC3CCCC32)c1. The number of aryl methyl sites for hydroxylation is 1. The fourth-order valence-corrected chi connectivity index (χ4v) is 5.08. The van der Waals surface area contributed by atoms with E-state index in [0.29, 0.717) is 18.1 Å². The molecule has 0 bridgehead atoms. The maximum atomic E-state index is 5.64. The van der Waals surface area contributed by atoms with Crippen LogP contribution in [0.5, 0.6) is 5.75 Å². The number of ether oxygens (including phenoxy) is 1. The molecule has 1 saturated heterocycles. The number of methoxy groups -OCH3 is 1. The molecule has 1 aliphatic heterocycles.